The molecule has 110 valence electrons. The Morgan fingerprint density at radius 2 is 2.00 bits per heavy atom. The highest BCUT2D eigenvalue weighted by Crippen LogP contribution is 2.23. The zero-order valence-electron chi connectivity index (χ0n) is 12.3. The van der Waals surface area contributed by atoms with Gasteiger partial charge in [-0.3, -0.25) is 4.79 Å². The third-order valence-corrected chi connectivity index (χ3v) is 3.28. The van der Waals surface area contributed by atoms with Crippen molar-refractivity contribution in [3.63, 3.8) is 0 Å². The Kier molecular flexibility index (Phi) is 7.02. The molecule has 0 unspecified atom stereocenters. The Morgan fingerprint density at radius 3 is 2.50 bits per heavy atom. The minimum atomic E-state index is -0.771. The van der Waals surface area contributed by atoms with Gasteiger partial charge in [-0.05, 0) is 17.9 Å². The molecular formula is C17H24O3. The van der Waals surface area contributed by atoms with E-state index >= 15 is 0 Å². The molecule has 0 aliphatic carbocycles. The highest BCUT2D eigenvalue weighted by atomic mass is 16.5. The molecule has 0 fully saturated rings. The van der Waals surface area contributed by atoms with Crippen LogP contribution in [-0.4, -0.2) is 17.7 Å². The largest absolute Gasteiger partial charge is 0.481 e. The molecule has 1 N–H and O–H groups in total. The van der Waals surface area contributed by atoms with Crippen molar-refractivity contribution >= 4 is 5.97 Å². The van der Waals surface area contributed by atoms with Gasteiger partial charge in [-0.1, -0.05) is 50.3 Å². The third-order valence-electron chi connectivity index (χ3n) is 3.28. The van der Waals surface area contributed by atoms with Gasteiger partial charge in [0.15, 0.2) is 0 Å². The zero-order valence-corrected chi connectivity index (χ0v) is 12.3. The first-order valence-corrected chi connectivity index (χ1v) is 7.01. The number of carboxylic acid groups (broad SMARTS) is 1. The van der Waals surface area contributed by atoms with E-state index in [9.17, 15) is 9.90 Å². The highest BCUT2D eigenvalue weighted by Gasteiger charge is 2.26. The van der Waals surface area contributed by atoms with Crippen LogP contribution in [0.25, 0.3) is 0 Å². The number of aliphatic carboxylic acids is 1. The van der Waals surface area contributed by atoms with Gasteiger partial charge in [0.1, 0.15) is 0 Å². The van der Waals surface area contributed by atoms with Crippen LogP contribution in [0, 0.1) is 17.8 Å². The van der Waals surface area contributed by atoms with Crippen LogP contribution in [0.3, 0.4) is 0 Å². The van der Waals surface area contributed by atoms with Gasteiger partial charge < -0.3 is 9.84 Å². The molecule has 1 rings (SSSR count). The molecule has 0 bridgehead atoms. The average Bonchev–Trinajstić information content (AvgIpc) is 2.42. The topological polar surface area (TPSA) is 46.5 Å². The molecule has 1 aromatic carbocycles. The van der Waals surface area contributed by atoms with Crippen LogP contribution in [-0.2, 0) is 16.1 Å². The van der Waals surface area contributed by atoms with Crippen molar-refractivity contribution in [2.24, 2.45) is 17.8 Å². The molecule has 0 radical (unpaired) electrons. The van der Waals surface area contributed by atoms with Crippen LogP contribution in [0.4, 0.5) is 0 Å². The second kappa shape index (κ2) is 8.54. The summed E-state index contributed by atoms with van der Waals surface area (Å²) in [5.41, 5.74) is 1.09. The lowest BCUT2D eigenvalue weighted by atomic mass is 9.86. The first-order valence-electron chi connectivity index (χ1n) is 7.01. The summed E-state index contributed by atoms with van der Waals surface area (Å²) in [7, 11) is 0. The minimum absolute atomic E-state index is 0.154. The van der Waals surface area contributed by atoms with Gasteiger partial charge in [0.25, 0.3) is 0 Å². The van der Waals surface area contributed by atoms with Crippen molar-refractivity contribution in [2.75, 3.05) is 6.61 Å². The molecule has 0 spiro atoms. The van der Waals surface area contributed by atoms with Crippen molar-refractivity contribution in [3.05, 3.63) is 48.6 Å². The first kappa shape index (κ1) is 16.4. The second-order valence-electron chi connectivity index (χ2n) is 5.47. The Balaban J connectivity index is 2.52. The molecule has 3 heteroatoms. The van der Waals surface area contributed by atoms with E-state index in [1.54, 1.807) is 6.08 Å². The Bertz CT molecular complexity index is 412. The molecule has 0 amide bonds. The van der Waals surface area contributed by atoms with Crippen LogP contribution >= 0.6 is 0 Å². The third kappa shape index (κ3) is 5.57. The molecule has 0 aromatic heterocycles. The molecule has 0 aliphatic rings. The molecule has 20 heavy (non-hydrogen) atoms. The lowest BCUT2D eigenvalue weighted by Gasteiger charge is -2.22. The molecule has 1 aromatic rings. The maximum Gasteiger partial charge on any atom is 0.307 e. The fraction of sp³-hybridized carbons (Fsp3) is 0.471. The van der Waals surface area contributed by atoms with Gasteiger partial charge in [-0.25, -0.2) is 0 Å². The minimum Gasteiger partial charge on any atom is -0.481 e. The van der Waals surface area contributed by atoms with Crippen molar-refractivity contribution in [2.45, 2.75) is 26.9 Å². The standard InChI is InChI=1S/C17H24O3/c1-4-15(16(17(18)19)10-13(2)3)12-20-11-14-8-6-5-7-9-14/h4-9,13,15-16H,1,10-12H2,2-3H3,(H,18,19)/t15-,16+/m0/s1. The van der Waals surface area contributed by atoms with Crippen LogP contribution < -0.4 is 0 Å². The summed E-state index contributed by atoms with van der Waals surface area (Å²) in [6.45, 7) is 8.70. The van der Waals surface area contributed by atoms with E-state index in [0.717, 1.165) is 5.56 Å². The molecule has 0 aliphatic heterocycles. The van der Waals surface area contributed by atoms with E-state index in [1.807, 2.05) is 44.2 Å². The number of hydrogen-bond acceptors (Lipinski definition) is 2. The van der Waals surface area contributed by atoms with Crippen molar-refractivity contribution in [1.29, 1.82) is 0 Å². The Hall–Kier alpha value is -1.61. The van der Waals surface area contributed by atoms with Gasteiger partial charge in [0, 0.05) is 5.92 Å². The maximum atomic E-state index is 11.4. The average molecular weight is 276 g/mol. The van der Waals surface area contributed by atoms with Crippen LogP contribution in [0.5, 0.6) is 0 Å². The first-order chi connectivity index (χ1) is 9.54. The van der Waals surface area contributed by atoms with Gasteiger partial charge in [-0.15, -0.1) is 6.58 Å². The Morgan fingerprint density at radius 1 is 1.35 bits per heavy atom. The molecule has 0 saturated heterocycles. The predicted molar refractivity (Wildman–Crippen MR) is 80.4 cm³/mol. The maximum absolute atomic E-state index is 11.4. The summed E-state index contributed by atoms with van der Waals surface area (Å²) in [5.74, 6) is -1.01. The van der Waals surface area contributed by atoms with Crippen LogP contribution in [0.15, 0.2) is 43.0 Å². The van der Waals surface area contributed by atoms with Gasteiger partial charge >= 0.3 is 5.97 Å². The van der Waals surface area contributed by atoms with E-state index < -0.39 is 11.9 Å². The van der Waals surface area contributed by atoms with Crippen LogP contribution in [0.1, 0.15) is 25.8 Å². The number of carboxylic acids is 1. The molecule has 0 heterocycles. The van der Waals surface area contributed by atoms with E-state index in [2.05, 4.69) is 6.58 Å². The predicted octanol–water partition coefficient (Wildman–Crippen LogP) is 3.75. The molecular weight excluding hydrogens is 252 g/mol. The summed E-state index contributed by atoms with van der Waals surface area (Å²) in [5, 5.41) is 9.34. The van der Waals surface area contributed by atoms with E-state index in [1.165, 1.54) is 0 Å². The van der Waals surface area contributed by atoms with Crippen LogP contribution in [0.2, 0.25) is 0 Å². The highest BCUT2D eigenvalue weighted by molar-refractivity contribution is 5.70. The van der Waals surface area contributed by atoms with E-state index in [0.29, 0.717) is 25.6 Å². The number of hydrogen-bond donors (Lipinski definition) is 1. The number of carbonyl (C=O) groups is 1. The van der Waals surface area contributed by atoms with Gasteiger partial charge in [0.2, 0.25) is 0 Å². The summed E-state index contributed by atoms with van der Waals surface area (Å²) in [6, 6.07) is 9.86. The van der Waals surface area contributed by atoms with Crippen molar-refractivity contribution in [3.8, 4) is 0 Å². The monoisotopic (exact) mass is 276 g/mol. The number of rotatable bonds is 9. The lowest BCUT2D eigenvalue weighted by molar-refractivity contribution is -0.144. The fourth-order valence-electron chi connectivity index (χ4n) is 2.20. The second-order valence-corrected chi connectivity index (χ2v) is 5.47. The Labute approximate surface area is 121 Å². The lowest BCUT2D eigenvalue weighted by Crippen LogP contribution is -2.27. The van der Waals surface area contributed by atoms with Gasteiger partial charge in [0.05, 0.1) is 19.1 Å². The zero-order chi connectivity index (χ0) is 15.0. The fourth-order valence-corrected chi connectivity index (χ4v) is 2.20. The quantitative estimate of drug-likeness (QED) is 0.699. The molecule has 2 atom stereocenters. The molecule has 0 saturated carbocycles. The van der Waals surface area contributed by atoms with E-state index in [-0.39, 0.29) is 5.92 Å². The molecule has 3 nitrogen and oxygen atoms in total. The summed E-state index contributed by atoms with van der Waals surface area (Å²) in [6.07, 6.45) is 2.34. The summed E-state index contributed by atoms with van der Waals surface area (Å²) >= 11 is 0. The summed E-state index contributed by atoms with van der Waals surface area (Å²) in [4.78, 5) is 11.4. The van der Waals surface area contributed by atoms with Gasteiger partial charge in [-0.2, -0.15) is 0 Å². The van der Waals surface area contributed by atoms with Crippen molar-refractivity contribution < 1.29 is 14.6 Å². The summed E-state index contributed by atoms with van der Waals surface area (Å²) < 4.78 is 5.65. The number of benzene rings is 1. The van der Waals surface area contributed by atoms with Crippen molar-refractivity contribution in [1.82, 2.24) is 0 Å². The number of ether oxygens (including phenoxy) is 1. The normalized spacial score (nSPS) is 13.9. The smallest absolute Gasteiger partial charge is 0.307 e. The van der Waals surface area contributed by atoms with E-state index in [4.69, 9.17) is 4.74 Å². The SMILES string of the molecule is C=C[C@@H](COCc1ccccc1)[C@@H](CC(C)C)C(=O)O.